The number of nitrogens with zero attached hydrogens (tertiary/aromatic N) is 2. The van der Waals surface area contributed by atoms with E-state index in [1.54, 1.807) is 34.1 Å². The van der Waals surface area contributed by atoms with Crippen molar-refractivity contribution in [1.82, 2.24) is 15.3 Å². The molecule has 1 N–H and O–H groups in total. The molecule has 0 bridgehead atoms. The number of ether oxygens (including phenoxy) is 1. The van der Waals surface area contributed by atoms with E-state index in [0.29, 0.717) is 35.7 Å². The number of hydrogen-bond donors (Lipinski definition) is 1. The molecule has 0 saturated carbocycles. The van der Waals surface area contributed by atoms with Gasteiger partial charge >= 0.3 is 6.09 Å². The smallest absolute Gasteiger partial charge is 0.410 e. The molecule has 3 atom stereocenters. The van der Waals surface area contributed by atoms with Crippen LogP contribution in [0.15, 0.2) is 78.9 Å². The van der Waals surface area contributed by atoms with Crippen LogP contribution in [0.25, 0.3) is 0 Å². The number of fused-ring (bicyclic) bond motifs is 1. The minimum absolute atomic E-state index is 0.189. The Bertz CT molecular complexity index is 1410. The Labute approximate surface area is 245 Å². The number of halogens is 1. The summed E-state index contributed by atoms with van der Waals surface area (Å²) in [7, 11) is 0. The second-order valence-corrected chi connectivity index (χ2v) is 11.8. The molecule has 5 rings (SSSR count). The average Bonchev–Trinajstić information content (AvgIpc) is 3.43. The van der Waals surface area contributed by atoms with Gasteiger partial charge < -0.3 is 14.5 Å². The predicted molar refractivity (Wildman–Crippen MR) is 155 cm³/mol. The third kappa shape index (κ3) is 6.39. The highest BCUT2D eigenvalue weighted by Gasteiger charge is 2.48. The van der Waals surface area contributed by atoms with Crippen molar-refractivity contribution in [3.8, 4) is 0 Å². The SMILES string of the molecule is CC(C)(C)OC(=O)N1CCC(N2C(=O)c3ccccc3C(C(=O)NOCc3ccccc3)C2c2ccc(Cl)cc2)C1. The molecule has 3 amide bonds. The molecule has 9 heteroatoms. The van der Waals surface area contributed by atoms with Crippen molar-refractivity contribution in [1.29, 1.82) is 0 Å². The molecule has 8 nitrogen and oxygen atoms in total. The van der Waals surface area contributed by atoms with E-state index in [1.165, 1.54) is 0 Å². The fraction of sp³-hybridized carbons (Fsp3) is 0.344. The first-order chi connectivity index (χ1) is 19.6. The standard InChI is InChI=1S/C32H34ClN3O5/c1-32(2,3)41-31(39)35-18-17-24(19-35)36-28(22-13-15-23(33)16-14-22)27(25-11-7-8-12-26(25)30(36)38)29(37)34-40-20-21-9-5-4-6-10-21/h4-16,24,27-28H,17-20H2,1-3H3,(H,34,37). The lowest BCUT2D eigenvalue weighted by atomic mass is 9.78. The summed E-state index contributed by atoms with van der Waals surface area (Å²) in [6, 6.07) is 22.9. The molecule has 0 spiro atoms. The van der Waals surface area contributed by atoms with Gasteiger partial charge in [-0.05, 0) is 62.1 Å². The number of amides is 3. The molecular weight excluding hydrogens is 542 g/mol. The van der Waals surface area contributed by atoms with Crippen LogP contribution in [-0.4, -0.2) is 52.4 Å². The molecule has 41 heavy (non-hydrogen) atoms. The normalized spacial score (nSPS) is 20.5. The maximum absolute atomic E-state index is 14.1. The molecule has 1 fully saturated rings. The van der Waals surface area contributed by atoms with Gasteiger partial charge in [0, 0.05) is 23.7 Å². The Morgan fingerprint density at radius 3 is 2.37 bits per heavy atom. The summed E-state index contributed by atoms with van der Waals surface area (Å²) in [6.45, 7) is 6.40. The Kier molecular flexibility index (Phi) is 8.33. The molecule has 2 aliphatic rings. The van der Waals surface area contributed by atoms with Crippen molar-refractivity contribution < 1.29 is 24.0 Å². The number of nitrogens with one attached hydrogen (secondary N) is 1. The number of benzene rings is 3. The highest BCUT2D eigenvalue weighted by atomic mass is 35.5. The lowest BCUT2D eigenvalue weighted by Crippen LogP contribution is -2.52. The molecule has 3 aromatic carbocycles. The molecule has 0 aromatic heterocycles. The summed E-state index contributed by atoms with van der Waals surface area (Å²) in [5.74, 6) is -1.32. The fourth-order valence-electron chi connectivity index (χ4n) is 5.54. The maximum Gasteiger partial charge on any atom is 0.410 e. The summed E-state index contributed by atoms with van der Waals surface area (Å²) in [6.07, 6.45) is 0.132. The minimum atomic E-state index is -0.767. The van der Waals surface area contributed by atoms with E-state index in [-0.39, 0.29) is 24.5 Å². The molecule has 3 aromatic rings. The molecule has 3 unspecified atom stereocenters. The van der Waals surface area contributed by atoms with Gasteiger partial charge in [-0.25, -0.2) is 10.3 Å². The third-order valence-corrected chi connectivity index (χ3v) is 7.59. The van der Waals surface area contributed by atoms with Crippen molar-refractivity contribution in [3.63, 3.8) is 0 Å². The van der Waals surface area contributed by atoms with Gasteiger partial charge in [0.15, 0.2) is 0 Å². The van der Waals surface area contributed by atoms with E-state index in [9.17, 15) is 14.4 Å². The Balaban J connectivity index is 1.49. The first kappa shape index (κ1) is 28.6. The van der Waals surface area contributed by atoms with E-state index < -0.39 is 23.7 Å². The van der Waals surface area contributed by atoms with Gasteiger partial charge in [-0.15, -0.1) is 0 Å². The summed E-state index contributed by atoms with van der Waals surface area (Å²) in [4.78, 5) is 49.9. The van der Waals surface area contributed by atoms with E-state index in [4.69, 9.17) is 21.2 Å². The zero-order valence-electron chi connectivity index (χ0n) is 23.4. The first-order valence-corrected chi connectivity index (χ1v) is 14.1. The fourth-order valence-corrected chi connectivity index (χ4v) is 5.67. The van der Waals surface area contributed by atoms with Crippen LogP contribution in [0, 0.1) is 0 Å². The maximum atomic E-state index is 14.1. The molecule has 1 saturated heterocycles. The second kappa shape index (κ2) is 11.9. The van der Waals surface area contributed by atoms with Gasteiger partial charge in [0.25, 0.3) is 11.8 Å². The van der Waals surface area contributed by atoms with Gasteiger partial charge in [0.05, 0.1) is 24.6 Å². The molecule has 0 aliphatic carbocycles. The van der Waals surface area contributed by atoms with Crippen LogP contribution in [0.5, 0.6) is 0 Å². The molecule has 2 aliphatic heterocycles. The summed E-state index contributed by atoms with van der Waals surface area (Å²) < 4.78 is 5.59. The van der Waals surface area contributed by atoms with Crippen molar-refractivity contribution in [2.75, 3.05) is 13.1 Å². The average molecular weight is 576 g/mol. The zero-order chi connectivity index (χ0) is 29.1. The molecule has 2 heterocycles. The Morgan fingerprint density at radius 1 is 0.976 bits per heavy atom. The van der Waals surface area contributed by atoms with Crippen LogP contribution in [0.1, 0.15) is 66.2 Å². The number of likely N-dealkylation sites (tertiary alicyclic amines) is 1. The van der Waals surface area contributed by atoms with E-state index in [0.717, 1.165) is 11.1 Å². The van der Waals surface area contributed by atoms with Crippen molar-refractivity contribution in [2.24, 2.45) is 0 Å². The van der Waals surface area contributed by atoms with Crippen LogP contribution in [0.3, 0.4) is 0 Å². The first-order valence-electron chi connectivity index (χ1n) is 13.7. The van der Waals surface area contributed by atoms with Gasteiger partial charge in [-0.3, -0.25) is 14.4 Å². The van der Waals surface area contributed by atoms with Crippen LogP contribution in [0.4, 0.5) is 4.79 Å². The lowest BCUT2D eigenvalue weighted by molar-refractivity contribution is -0.138. The summed E-state index contributed by atoms with van der Waals surface area (Å²) in [5.41, 5.74) is 4.76. The van der Waals surface area contributed by atoms with E-state index in [1.807, 2.05) is 75.4 Å². The predicted octanol–water partition coefficient (Wildman–Crippen LogP) is 5.88. The van der Waals surface area contributed by atoms with Gasteiger partial charge in [-0.1, -0.05) is 72.3 Å². The number of carbonyl (C=O) groups is 3. The molecule has 214 valence electrons. The zero-order valence-corrected chi connectivity index (χ0v) is 24.1. The topological polar surface area (TPSA) is 88.2 Å². The monoisotopic (exact) mass is 575 g/mol. The van der Waals surface area contributed by atoms with Crippen LogP contribution >= 0.6 is 11.6 Å². The number of hydroxylamine groups is 1. The quantitative estimate of drug-likeness (QED) is 0.371. The number of rotatable bonds is 6. The summed E-state index contributed by atoms with van der Waals surface area (Å²) in [5, 5.41) is 0.548. The Morgan fingerprint density at radius 2 is 1.66 bits per heavy atom. The minimum Gasteiger partial charge on any atom is -0.444 e. The second-order valence-electron chi connectivity index (χ2n) is 11.4. The highest BCUT2D eigenvalue weighted by Crippen LogP contribution is 2.45. The van der Waals surface area contributed by atoms with E-state index >= 15 is 0 Å². The molecular formula is C32H34ClN3O5. The van der Waals surface area contributed by atoms with Gasteiger partial charge in [0.2, 0.25) is 0 Å². The van der Waals surface area contributed by atoms with Crippen LogP contribution in [-0.2, 0) is 21.0 Å². The van der Waals surface area contributed by atoms with E-state index in [2.05, 4.69) is 5.48 Å². The van der Waals surface area contributed by atoms with Crippen molar-refractivity contribution in [2.45, 2.75) is 57.4 Å². The van der Waals surface area contributed by atoms with Crippen molar-refractivity contribution in [3.05, 3.63) is 106 Å². The van der Waals surface area contributed by atoms with Crippen LogP contribution < -0.4 is 5.48 Å². The van der Waals surface area contributed by atoms with Gasteiger partial charge in [-0.2, -0.15) is 0 Å². The number of hydrogen-bond acceptors (Lipinski definition) is 5. The lowest BCUT2D eigenvalue weighted by Gasteiger charge is -2.44. The highest BCUT2D eigenvalue weighted by molar-refractivity contribution is 6.30. The largest absolute Gasteiger partial charge is 0.444 e. The van der Waals surface area contributed by atoms with Gasteiger partial charge in [0.1, 0.15) is 5.60 Å². The van der Waals surface area contributed by atoms with Crippen molar-refractivity contribution >= 4 is 29.5 Å². The van der Waals surface area contributed by atoms with Crippen LogP contribution in [0.2, 0.25) is 5.02 Å². The molecule has 0 radical (unpaired) electrons. The number of carbonyl (C=O) groups excluding carboxylic acids is 3. The third-order valence-electron chi connectivity index (χ3n) is 7.33. The Hall–Kier alpha value is -3.88. The summed E-state index contributed by atoms with van der Waals surface area (Å²) >= 11 is 6.22.